The Morgan fingerprint density at radius 2 is 2.14 bits per heavy atom. The van der Waals surface area contributed by atoms with Gasteiger partial charge in [-0.1, -0.05) is 23.7 Å². The summed E-state index contributed by atoms with van der Waals surface area (Å²) in [6.07, 6.45) is 0. The smallest absolute Gasteiger partial charge is 0.338 e. The first-order chi connectivity index (χ1) is 10.5. The van der Waals surface area contributed by atoms with Gasteiger partial charge in [-0.15, -0.1) is 0 Å². The summed E-state index contributed by atoms with van der Waals surface area (Å²) in [5, 5.41) is 5.61. The topological polar surface area (TPSA) is 76.7 Å². The van der Waals surface area contributed by atoms with Crippen LogP contribution >= 0.6 is 11.6 Å². The van der Waals surface area contributed by atoms with Gasteiger partial charge in [-0.25, -0.2) is 9.59 Å². The number of ether oxygens (including phenoxy) is 2. The lowest BCUT2D eigenvalue weighted by Crippen LogP contribution is -2.45. The Hall–Kier alpha value is -2.21. The predicted octanol–water partition coefficient (Wildman–Crippen LogP) is 2.54. The minimum Gasteiger partial charge on any atom is -0.495 e. The quantitative estimate of drug-likeness (QED) is 0.834. The molecule has 0 bridgehead atoms. The van der Waals surface area contributed by atoms with Gasteiger partial charge in [-0.3, -0.25) is 0 Å². The highest BCUT2D eigenvalue weighted by Gasteiger charge is 2.33. The Balaban J connectivity index is 2.53. The van der Waals surface area contributed by atoms with E-state index in [2.05, 4.69) is 10.6 Å². The van der Waals surface area contributed by atoms with Gasteiger partial charge in [0, 0.05) is 11.3 Å². The van der Waals surface area contributed by atoms with Crippen LogP contribution in [0.4, 0.5) is 4.79 Å². The number of urea groups is 1. The van der Waals surface area contributed by atoms with Crippen molar-refractivity contribution < 1.29 is 19.1 Å². The number of nitrogens with one attached hydrogen (secondary N) is 2. The average Bonchev–Trinajstić information content (AvgIpc) is 2.46. The van der Waals surface area contributed by atoms with Crippen molar-refractivity contribution in [1.29, 1.82) is 0 Å². The largest absolute Gasteiger partial charge is 0.495 e. The molecule has 0 aromatic heterocycles. The van der Waals surface area contributed by atoms with Crippen LogP contribution in [-0.2, 0) is 9.53 Å². The monoisotopic (exact) mass is 324 g/mol. The second kappa shape index (κ2) is 6.70. The number of hydrogen-bond acceptors (Lipinski definition) is 4. The minimum atomic E-state index is -0.699. The third-order valence-corrected chi connectivity index (χ3v) is 3.69. The Bertz CT molecular complexity index is 642. The molecule has 0 saturated carbocycles. The SMILES string of the molecule is CCOC(=O)C1=C(C)NC(=O)N[C@H]1c1cccc(OC)c1Cl. The van der Waals surface area contributed by atoms with E-state index in [4.69, 9.17) is 21.1 Å². The molecule has 0 unspecified atom stereocenters. The zero-order valence-corrected chi connectivity index (χ0v) is 13.3. The molecule has 7 heteroatoms. The number of halogens is 1. The maximum Gasteiger partial charge on any atom is 0.338 e. The zero-order chi connectivity index (χ0) is 16.3. The molecule has 1 aromatic rings. The lowest BCUT2D eigenvalue weighted by atomic mass is 9.95. The van der Waals surface area contributed by atoms with Crippen molar-refractivity contribution in [1.82, 2.24) is 10.6 Å². The highest BCUT2D eigenvalue weighted by Crippen LogP contribution is 2.36. The van der Waals surface area contributed by atoms with Crippen molar-refractivity contribution in [2.45, 2.75) is 19.9 Å². The van der Waals surface area contributed by atoms with Crippen molar-refractivity contribution in [3.63, 3.8) is 0 Å². The summed E-state index contributed by atoms with van der Waals surface area (Å²) in [6, 6.07) is 4.07. The van der Waals surface area contributed by atoms with Gasteiger partial charge in [0.05, 0.1) is 30.4 Å². The molecular weight excluding hydrogens is 308 g/mol. The van der Waals surface area contributed by atoms with E-state index in [-0.39, 0.29) is 6.61 Å². The first-order valence-corrected chi connectivity index (χ1v) is 7.15. The standard InChI is InChI=1S/C15H17ClN2O4/c1-4-22-14(19)11-8(2)17-15(20)18-13(11)9-6-5-7-10(21-3)12(9)16/h5-7,13H,4H2,1-3H3,(H2,17,18,20)/t13-/m0/s1. The molecular formula is C15H17ClN2O4. The molecule has 118 valence electrons. The lowest BCUT2D eigenvalue weighted by molar-refractivity contribution is -0.139. The van der Waals surface area contributed by atoms with Gasteiger partial charge in [-0.2, -0.15) is 0 Å². The van der Waals surface area contributed by atoms with Crippen LogP contribution in [0.15, 0.2) is 29.5 Å². The summed E-state index contributed by atoms with van der Waals surface area (Å²) in [5.74, 6) is -0.0378. The highest BCUT2D eigenvalue weighted by atomic mass is 35.5. The molecule has 6 nitrogen and oxygen atoms in total. The third-order valence-electron chi connectivity index (χ3n) is 3.29. The number of rotatable bonds is 4. The number of carbonyl (C=O) groups is 2. The fraction of sp³-hybridized carbons (Fsp3) is 0.333. The Kier molecular flexibility index (Phi) is 4.92. The summed E-state index contributed by atoms with van der Waals surface area (Å²) in [7, 11) is 1.50. The predicted molar refractivity (Wildman–Crippen MR) is 81.7 cm³/mol. The maximum absolute atomic E-state index is 12.2. The van der Waals surface area contributed by atoms with Crippen LogP contribution in [0, 0.1) is 0 Å². The van der Waals surface area contributed by atoms with E-state index in [1.165, 1.54) is 7.11 Å². The first-order valence-electron chi connectivity index (χ1n) is 6.77. The Morgan fingerprint density at radius 3 is 2.77 bits per heavy atom. The number of esters is 1. The molecule has 22 heavy (non-hydrogen) atoms. The highest BCUT2D eigenvalue weighted by molar-refractivity contribution is 6.33. The minimum absolute atomic E-state index is 0.238. The van der Waals surface area contributed by atoms with E-state index in [9.17, 15) is 9.59 Å². The van der Waals surface area contributed by atoms with Crippen molar-refractivity contribution >= 4 is 23.6 Å². The number of carbonyl (C=O) groups excluding carboxylic acids is 2. The van der Waals surface area contributed by atoms with Crippen molar-refractivity contribution in [3.05, 3.63) is 40.1 Å². The summed E-state index contributed by atoms with van der Waals surface area (Å²) in [4.78, 5) is 24.0. The fourth-order valence-electron chi connectivity index (χ4n) is 2.31. The lowest BCUT2D eigenvalue weighted by Gasteiger charge is -2.28. The molecule has 0 radical (unpaired) electrons. The third kappa shape index (κ3) is 3.01. The van der Waals surface area contributed by atoms with Gasteiger partial charge in [-0.05, 0) is 19.9 Å². The molecule has 1 heterocycles. The number of benzene rings is 1. The van der Waals surface area contributed by atoms with Crippen LogP contribution in [0.2, 0.25) is 5.02 Å². The van der Waals surface area contributed by atoms with Gasteiger partial charge in [0.2, 0.25) is 0 Å². The van der Waals surface area contributed by atoms with E-state index in [0.29, 0.717) is 27.6 Å². The maximum atomic E-state index is 12.2. The van der Waals surface area contributed by atoms with Crippen LogP contribution in [0.5, 0.6) is 5.75 Å². The number of amides is 2. The summed E-state index contributed by atoms with van der Waals surface area (Å²) in [6.45, 7) is 3.60. The van der Waals surface area contributed by atoms with Crippen LogP contribution in [-0.4, -0.2) is 25.7 Å². The second-order valence-electron chi connectivity index (χ2n) is 4.65. The average molecular weight is 325 g/mol. The molecule has 2 rings (SSSR count). The van der Waals surface area contributed by atoms with Gasteiger partial charge in [0.15, 0.2) is 0 Å². The zero-order valence-electron chi connectivity index (χ0n) is 12.5. The Labute approximate surface area is 133 Å². The van der Waals surface area contributed by atoms with Crippen LogP contribution in [0.25, 0.3) is 0 Å². The van der Waals surface area contributed by atoms with Gasteiger partial charge >= 0.3 is 12.0 Å². The Morgan fingerprint density at radius 1 is 1.41 bits per heavy atom. The molecule has 0 fully saturated rings. The molecule has 1 atom stereocenters. The van der Waals surface area contributed by atoms with E-state index in [1.54, 1.807) is 32.0 Å². The molecule has 2 amide bonds. The van der Waals surface area contributed by atoms with Crippen LogP contribution < -0.4 is 15.4 Å². The van der Waals surface area contributed by atoms with Gasteiger partial charge < -0.3 is 20.1 Å². The normalized spacial score (nSPS) is 17.6. The fourth-order valence-corrected chi connectivity index (χ4v) is 2.63. The molecule has 1 aromatic carbocycles. The molecule has 2 N–H and O–H groups in total. The molecule has 0 spiro atoms. The number of allylic oxidation sites excluding steroid dienone is 1. The molecule has 0 aliphatic carbocycles. The number of hydrogen-bond donors (Lipinski definition) is 2. The van der Waals surface area contributed by atoms with Gasteiger partial charge in [0.25, 0.3) is 0 Å². The summed E-state index contributed by atoms with van der Waals surface area (Å²) < 4.78 is 10.3. The van der Waals surface area contributed by atoms with Crippen molar-refractivity contribution in [3.8, 4) is 5.75 Å². The summed E-state index contributed by atoms with van der Waals surface area (Å²) in [5.41, 5.74) is 1.32. The van der Waals surface area contributed by atoms with Crippen LogP contribution in [0.1, 0.15) is 25.5 Å². The van der Waals surface area contributed by atoms with E-state index in [0.717, 1.165) is 0 Å². The number of methoxy groups -OCH3 is 1. The van der Waals surface area contributed by atoms with Crippen LogP contribution in [0.3, 0.4) is 0 Å². The first kappa shape index (κ1) is 16.2. The van der Waals surface area contributed by atoms with E-state index >= 15 is 0 Å². The van der Waals surface area contributed by atoms with Gasteiger partial charge in [0.1, 0.15) is 5.75 Å². The molecule has 1 aliphatic heterocycles. The summed E-state index contributed by atoms with van der Waals surface area (Å²) >= 11 is 6.31. The molecule has 1 aliphatic rings. The molecule has 0 saturated heterocycles. The van der Waals surface area contributed by atoms with Crippen molar-refractivity contribution in [2.75, 3.05) is 13.7 Å². The second-order valence-corrected chi connectivity index (χ2v) is 5.03. The van der Waals surface area contributed by atoms with E-state index < -0.39 is 18.0 Å². The van der Waals surface area contributed by atoms with E-state index in [1.807, 2.05) is 0 Å². The van der Waals surface area contributed by atoms with Crippen molar-refractivity contribution in [2.24, 2.45) is 0 Å².